The highest BCUT2D eigenvalue weighted by Gasteiger charge is 2.20. The molecule has 146 valence electrons. The molecule has 0 unspecified atom stereocenters. The van der Waals surface area contributed by atoms with Gasteiger partial charge in [0.05, 0.1) is 24.5 Å². The van der Waals surface area contributed by atoms with Crippen molar-refractivity contribution in [3.63, 3.8) is 0 Å². The minimum absolute atomic E-state index is 0.163. The SMILES string of the molecule is O=C(NCCN1CCOCC1)C(=O)c1ccccc1NC(=O)c1ccccc1. The average molecular weight is 381 g/mol. The number of amides is 2. The van der Waals surface area contributed by atoms with Crippen LogP contribution in [0.1, 0.15) is 20.7 Å². The van der Waals surface area contributed by atoms with Gasteiger partial charge in [-0.2, -0.15) is 0 Å². The molecular formula is C21H23N3O4. The maximum Gasteiger partial charge on any atom is 0.292 e. The fourth-order valence-electron chi connectivity index (χ4n) is 2.93. The second kappa shape index (κ2) is 9.77. The lowest BCUT2D eigenvalue weighted by molar-refractivity contribution is -0.117. The first-order chi connectivity index (χ1) is 13.6. The Morgan fingerprint density at radius 1 is 0.929 bits per heavy atom. The largest absolute Gasteiger partial charge is 0.379 e. The third kappa shape index (κ3) is 5.25. The molecule has 3 rings (SSSR count). The van der Waals surface area contributed by atoms with Crippen LogP contribution in [0.25, 0.3) is 0 Å². The van der Waals surface area contributed by atoms with Crippen molar-refractivity contribution >= 4 is 23.3 Å². The molecule has 2 N–H and O–H groups in total. The number of hydrogen-bond acceptors (Lipinski definition) is 5. The number of anilines is 1. The summed E-state index contributed by atoms with van der Waals surface area (Å²) in [4.78, 5) is 39.4. The van der Waals surface area contributed by atoms with Crippen molar-refractivity contribution in [3.05, 3.63) is 65.7 Å². The Bertz CT molecular complexity index is 833. The molecule has 1 heterocycles. The van der Waals surface area contributed by atoms with Gasteiger partial charge in [0.2, 0.25) is 0 Å². The summed E-state index contributed by atoms with van der Waals surface area (Å²) < 4.78 is 5.28. The van der Waals surface area contributed by atoms with E-state index in [0.717, 1.165) is 13.1 Å². The lowest BCUT2D eigenvalue weighted by Crippen LogP contribution is -2.42. The zero-order chi connectivity index (χ0) is 19.8. The van der Waals surface area contributed by atoms with Gasteiger partial charge in [0, 0.05) is 31.7 Å². The van der Waals surface area contributed by atoms with Gasteiger partial charge < -0.3 is 15.4 Å². The zero-order valence-corrected chi connectivity index (χ0v) is 15.5. The van der Waals surface area contributed by atoms with E-state index in [9.17, 15) is 14.4 Å². The first kappa shape index (κ1) is 19.7. The molecule has 0 spiro atoms. The molecular weight excluding hydrogens is 358 g/mol. The Kier molecular flexibility index (Phi) is 6.89. The second-order valence-electron chi connectivity index (χ2n) is 6.40. The van der Waals surface area contributed by atoms with Crippen LogP contribution in [0.4, 0.5) is 5.69 Å². The van der Waals surface area contributed by atoms with Crippen LogP contribution in [-0.2, 0) is 9.53 Å². The zero-order valence-electron chi connectivity index (χ0n) is 15.5. The Labute approximate surface area is 163 Å². The highest BCUT2D eigenvalue weighted by atomic mass is 16.5. The third-order valence-electron chi connectivity index (χ3n) is 4.48. The van der Waals surface area contributed by atoms with Crippen LogP contribution in [0.15, 0.2) is 54.6 Å². The van der Waals surface area contributed by atoms with E-state index in [2.05, 4.69) is 15.5 Å². The number of Topliss-reactive ketones (excluding diaryl/α,β-unsaturated/α-hetero) is 1. The van der Waals surface area contributed by atoms with Gasteiger partial charge in [-0.05, 0) is 24.3 Å². The Hall–Kier alpha value is -3.03. The van der Waals surface area contributed by atoms with Crippen molar-refractivity contribution in [2.24, 2.45) is 0 Å². The van der Waals surface area contributed by atoms with Crippen molar-refractivity contribution in [2.45, 2.75) is 0 Å². The topological polar surface area (TPSA) is 87.7 Å². The monoisotopic (exact) mass is 381 g/mol. The number of carbonyl (C=O) groups excluding carboxylic acids is 3. The standard InChI is InChI=1S/C21H23N3O4/c25-19(21(27)22-10-11-24-12-14-28-15-13-24)17-8-4-5-9-18(17)23-20(26)16-6-2-1-3-7-16/h1-9H,10-15H2,(H,22,27)(H,23,26). The molecule has 28 heavy (non-hydrogen) atoms. The van der Waals surface area contributed by atoms with Crippen LogP contribution in [0.5, 0.6) is 0 Å². The lowest BCUT2D eigenvalue weighted by Gasteiger charge is -2.26. The predicted octanol–water partition coefficient (Wildman–Crippen LogP) is 1.57. The first-order valence-electron chi connectivity index (χ1n) is 9.23. The normalized spacial score (nSPS) is 14.3. The number of benzene rings is 2. The maximum absolute atomic E-state index is 12.6. The minimum atomic E-state index is -0.685. The summed E-state index contributed by atoms with van der Waals surface area (Å²) >= 11 is 0. The number of hydrogen-bond donors (Lipinski definition) is 2. The summed E-state index contributed by atoms with van der Waals surface area (Å²) in [7, 11) is 0. The van der Waals surface area contributed by atoms with Gasteiger partial charge in [0.15, 0.2) is 0 Å². The average Bonchev–Trinajstić information content (AvgIpc) is 2.75. The first-order valence-corrected chi connectivity index (χ1v) is 9.23. The van der Waals surface area contributed by atoms with Gasteiger partial charge in [0.25, 0.3) is 17.6 Å². The Balaban J connectivity index is 1.60. The molecule has 1 fully saturated rings. The van der Waals surface area contributed by atoms with E-state index < -0.39 is 11.7 Å². The fraction of sp³-hybridized carbons (Fsp3) is 0.286. The molecule has 7 heteroatoms. The van der Waals surface area contributed by atoms with E-state index in [1.807, 2.05) is 6.07 Å². The van der Waals surface area contributed by atoms with Crippen LogP contribution >= 0.6 is 0 Å². The van der Waals surface area contributed by atoms with Crippen molar-refractivity contribution in [3.8, 4) is 0 Å². The van der Waals surface area contributed by atoms with E-state index in [1.54, 1.807) is 42.5 Å². The van der Waals surface area contributed by atoms with Crippen molar-refractivity contribution in [1.82, 2.24) is 10.2 Å². The van der Waals surface area contributed by atoms with Crippen molar-refractivity contribution < 1.29 is 19.1 Å². The summed E-state index contributed by atoms with van der Waals surface area (Å²) in [6, 6.07) is 15.2. The maximum atomic E-state index is 12.6. The van der Waals surface area contributed by atoms with Gasteiger partial charge in [-0.3, -0.25) is 19.3 Å². The van der Waals surface area contributed by atoms with Crippen LogP contribution in [0.3, 0.4) is 0 Å². The molecule has 0 atom stereocenters. The molecule has 0 radical (unpaired) electrons. The van der Waals surface area contributed by atoms with Crippen molar-refractivity contribution in [1.29, 1.82) is 0 Å². The molecule has 1 aliphatic heterocycles. The Morgan fingerprint density at radius 2 is 1.61 bits per heavy atom. The molecule has 0 aromatic heterocycles. The second-order valence-corrected chi connectivity index (χ2v) is 6.40. The highest BCUT2D eigenvalue weighted by molar-refractivity contribution is 6.44. The number of ether oxygens (including phenoxy) is 1. The van der Waals surface area contributed by atoms with Crippen LogP contribution in [-0.4, -0.2) is 61.9 Å². The summed E-state index contributed by atoms with van der Waals surface area (Å²) in [5, 5.41) is 5.37. The Morgan fingerprint density at radius 3 is 2.36 bits per heavy atom. The van der Waals surface area contributed by atoms with E-state index in [1.165, 1.54) is 6.07 Å². The van der Waals surface area contributed by atoms with E-state index in [0.29, 0.717) is 37.6 Å². The molecule has 2 aromatic rings. The fourth-order valence-corrected chi connectivity index (χ4v) is 2.93. The molecule has 7 nitrogen and oxygen atoms in total. The number of morpholine rings is 1. The predicted molar refractivity (Wildman–Crippen MR) is 105 cm³/mol. The van der Waals surface area contributed by atoms with E-state index in [-0.39, 0.29) is 11.5 Å². The van der Waals surface area contributed by atoms with Gasteiger partial charge in [0.1, 0.15) is 0 Å². The smallest absolute Gasteiger partial charge is 0.292 e. The van der Waals surface area contributed by atoms with Crippen molar-refractivity contribution in [2.75, 3.05) is 44.7 Å². The molecule has 2 amide bonds. The number of nitrogens with one attached hydrogen (secondary N) is 2. The number of carbonyl (C=O) groups is 3. The number of para-hydroxylation sites is 1. The lowest BCUT2D eigenvalue weighted by atomic mass is 10.1. The van der Waals surface area contributed by atoms with Gasteiger partial charge in [-0.1, -0.05) is 30.3 Å². The van der Waals surface area contributed by atoms with Gasteiger partial charge in [-0.25, -0.2) is 0 Å². The third-order valence-corrected chi connectivity index (χ3v) is 4.48. The van der Waals surface area contributed by atoms with E-state index in [4.69, 9.17) is 4.74 Å². The summed E-state index contributed by atoms with van der Waals surface area (Å²) in [6.45, 7) is 4.04. The quantitative estimate of drug-likeness (QED) is 0.562. The highest BCUT2D eigenvalue weighted by Crippen LogP contribution is 2.17. The summed E-state index contributed by atoms with van der Waals surface area (Å²) in [6.07, 6.45) is 0. The molecule has 1 saturated heterocycles. The molecule has 0 saturated carbocycles. The molecule has 1 aliphatic rings. The van der Waals surface area contributed by atoms with Crippen LogP contribution < -0.4 is 10.6 Å². The summed E-state index contributed by atoms with van der Waals surface area (Å²) in [5.74, 6) is -1.70. The molecule has 0 bridgehead atoms. The number of nitrogens with zero attached hydrogens (tertiary/aromatic N) is 1. The minimum Gasteiger partial charge on any atom is -0.379 e. The number of rotatable bonds is 7. The summed E-state index contributed by atoms with van der Waals surface area (Å²) in [5.41, 5.74) is 0.944. The van der Waals surface area contributed by atoms with Gasteiger partial charge in [-0.15, -0.1) is 0 Å². The number of ketones is 1. The van der Waals surface area contributed by atoms with Gasteiger partial charge >= 0.3 is 0 Å². The molecule has 0 aliphatic carbocycles. The molecule has 2 aromatic carbocycles. The van der Waals surface area contributed by atoms with Crippen LogP contribution in [0, 0.1) is 0 Å². The van der Waals surface area contributed by atoms with E-state index >= 15 is 0 Å². The van der Waals surface area contributed by atoms with Crippen LogP contribution in [0.2, 0.25) is 0 Å².